The van der Waals surface area contributed by atoms with Crippen LogP contribution in [0, 0.1) is 12.3 Å². The number of anilines is 1. The van der Waals surface area contributed by atoms with Crippen molar-refractivity contribution < 1.29 is 4.79 Å². The molecule has 2 heterocycles. The standard InChI is InChI=1S/C15H19BrN2O/c1-11-2-3-13(12(16)10-11)18-9-6-15(14(18)19)4-7-17-8-5-15/h2-3,10,17H,4-9H2,1H3. The van der Waals surface area contributed by atoms with Crippen molar-refractivity contribution in [2.75, 3.05) is 24.5 Å². The van der Waals surface area contributed by atoms with Gasteiger partial charge < -0.3 is 10.2 Å². The normalized spacial score (nSPS) is 22.2. The van der Waals surface area contributed by atoms with Crippen LogP contribution in [0.4, 0.5) is 5.69 Å². The third-order valence-electron chi connectivity index (χ3n) is 4.47. The van der Waals surface area contributed by atoms with Crippen LogP contribution in [0.25, 0.3) is 0 Å². The van der Waals surface area contributed by atoms with Crippen molar-refractivity contribution in [2.24, 2.45) is 5.41 Å². The van der Waals surface area contributed by atoms with E-state index in [4.69, 9.17) is 0 Å². The highest BCUT2D eigenvalue weighted by atomic mass is 79.9. The van der Waals surface area contributed by atoms with Gasteiger partial charge in [-0.15, -0.1) is 0 Å². The van der Waals surface area contributed by atoms with Crippen LogP contribution in [-0.4, -0.2) is 25.5 Å². The van der Waals surface area contributed by atoms with E-state index in [1.165, 1.54) is 5.56 Å². The van der Waals surface area contributed by atoms with Gasteiger partial charge in [0.1, 0.15) is 0 Å². The first-order valence-electron chi connectivity index (χ1n) is 6.91. The summed E-state index contributed by atoms with van der Waals surface area (Å²) in [6.45, 7) is 4.85. The lowest BCUT2D eigenvalue weighted by Gasteiger charge is -2.32. The molecule has 1 spiro atoms. The number of hydrogen-bond donors (Lipinski definition) is 1. The lowest BCUT2D eigenvalue weighted by molar-refractivity contribution is -0.126. The van der Waals surface area contributed by atoms with E-state index in [2.05, 4.69) is 46.4 Å². The number of halogens is 1. The monoisotopic (exact) mass is 322 g/mol. The maximum atomic E-state index is 12.8. The second-order valence-electron chi connectivity index (χ2n) is 5.69. The Bertz CT molecular complexity index is 509. The van der Waals surface area contributed by atoms with Gasteiger partial charge in [0.05, 0.1) is 11.1 Å². The number of nitrogens with one attached hydrogen (secondary N) is 1. The lowest BCUT2D eigenvalue weighted by atomic mass is 9.78. The third-order valence-corrected chi connectivity index (χ3v) is 5.10. The fourth-order valence-electron chi connectivity index (χ4n) is 3.25. The predicted octanol–water partition coefficient (Wildman–Crippen LogP) is 2.86. The highest BCUT2D eigenvalue weighted by molar-refractivity contribution is 9.10. The van der Waals surface area contributed by atoms with Crippen LogP contribution in [-0.2, 0) is 4.79 Å². The number of carbonyl (C=O) groups excluding carboxylic acids is 1. The van der Waals surface area contributed by atoms with Gasteiger partial charge in [0, 0.05) is 11.0 Å². The van der Waals surface area contributed by atoms with E-state index < -0.39 is 0 Å². The Kier molecular flexibility index (Phi) is 3.39. The molecule has 1 aromatic rings. The van der Waals surface area contributed by atoms with Crippen molar-refractivity contribution in [1.29, 1.82) is 0 Å². The third kappa shape index (κ3) is 2.21. The van der Waals surface area contributed by atoms with Gasteiger partial charge in [0.25, 0.3) is 0 Å². The number of piperidine rings is 1. The fraction of sp³-hybridized carbons (Fsp3) is 0.533. The van der Waals surface area contributed by atoms with Crippen LogP contribution in [0.5, 0.6) is 0 Å². The number of hydrogen-bond acceptors (Lipinski definition) is 2. The second-order valence-corrected chi connectivity index (χ2v) is 6.55. The number of benzene rings is 1. The highest BCUT2D eigenvalue weighted by Crippen LogP contribution is 2.43. The molecule has 0 radical (unpaired) electrons. The Morgan fingerprint density at radius 1 is 1.26 bits per heavy atom. The first-order chi connectivity index (χ1) is 9.12. The Balaban J connectivity index is 1.89. The van der Waals surface area contributed by atoms with Gasteiger partial charge in [-0.3, -0.25) is 4.79 Å². The molecule has 1 aromatic carbocycles. The molecule has 1 amide bonds. The van der Waals surface area contributed by atoms with Crippen LogP contribution in [0.1, 0.15) is 24.8 Å². The Hall–Kier alpha value is -0.870. The molecule has 3 nitrogen and oxygen atoms in total. The highest BCUT2D eigenvalue weighted by Gasteiger charge is 2.47. The van der Waals surface area contributed by atoms with Gasteiger partial charge in [0.2, 0.25) is 5.91 Å². The number of nitrogens with zero attached hydrogens (tertiary/aromatic N) is 1. The van der Waals surface area contributed by atoms with Gasteiger partial charge in [-0.25, -0.2) is 0 Å². The molecule has 1 N–H and O–H groups in total. The minimum absolute atomic E-state index is 0.102. The average molecular weight is 323 g/mol. The number of aryl methyl sites for hydroxylation is 1. The Morgan fingerprint density at radius 3 is 2.68 bits per heavy atom. The van der Waals surface area contributed by atoms with E-state index in [0.717, 1.165) is 49.1 Å². The van der Waals surface area contributed by atoms with E-state index in [-0.39, 0.29) is 5.41 Å². The average Bonchev–Trinajstić information content (AvgIpc) is 2.69. The molecular weight excluding hydrogens is 304 g/mol. The first kappa shape index (κ1) is 13.1. The summed E-state index contributed by atoms with van der Waals surface area (Å²) >= 11 is 3.59. The molecule has 19 heavy (non-hydrogen) atoms. The molecule has 0 aromatic heterocycles. The molecule has 4 heteroatoms. The van der Waals surface area contributed by atoms with Crippen molar-refractivity contribution in [2.45, 2.75) is 26.2 Å². The first-order valence-corrected chi connectivity index (χ1v) is 7.71. The smallest absolute Gasteiger partial charge is 0.233 e. The Labute approximate surface area is 122 Å². The molecule has 0 bridgehead atoms. The summed E-state index contributed by atoms with van der Waals surface area (Å²) < 4.78 is 1.02. The number of carbonyl (C=O) groups is 1. The topological polar surface area (TPSA) is 32.3 Å². The molecule has 2 aliphatic rings. The van der Waals surface area contributed by atoms with Crippen molar-refractivity contribution in [3.05, 3.63) is 28.2 Å². The van der Waals surface area contributed by atoms with Crippen LogP contribution in [0.15, 0.2) is 22.7 Å². The zero-order valence-electron chi connectivity index (χ0n) is 11.2. The molecule has 0 atom stereocenters. The zero-order chi connectivity index (χ0) is 13.5. The van der Waals surface area contributed by atoms with E-state index in [0.29, 0.717) is 5.91 Å². The number of rotatable bonds is 1. The second kappa shape index (κ2) is 4.91. The molecule has 0 saturated carbocycles. The van der Waals surface area contributed by atoms with Crippen LogP contribution >= 0.6 is 15.9 Å². The summed E-state index contributed by atoms with van der Waals surface area (Å²) in [5, 5.41) is 3.35. The largest absolute Gasteiger partial charge is 0.317 e. The summed E-state index contributed by atoms with van der Waals surface area (Å²) in [6.07, 6.45) is 2.95. The van der Waals surface area contributed by atoms with Gasteiger partial charge in [-0.05, 0) is 72.9 Å². The fourth-order valence-corrected chi connectivity index (χ4v) is 3.96. The maximum absolute atomic E-state index is 12.8. The van der Waals surface area contributed by atoms with Gasteiger partial charge in [-0.1, -0.05) is 6.07 Å². The lowest BCUT2D eigenvalue weighted by Crippen LogP contribution is -2.42. The zero-order valence-corrected chi connectivity index (χ0v) is 12.8. The SMILES string of the molecule is Cc1ccc(N2CCC3(CCNCC3)C2=O)c(Br)c1. The summed E-state index contributed by atoms with van der Waals surface area (Å²) in [7, 11) is 0. The van der Waals surface area contributed by atoms with E-state index >= 15 is 0 Å². The Morgan fingerprint density at radius 2 is 2.00 bits per heavy atom. The summed E-state index contributed by atoms with van der Waals surface area (Å²) in [5.41, 5.74) is 2.13. The van der Waals surface area contributed by atoms with Gasteiger partial charge in [0.15, 0.2) is 0 Å². The molecule has 3 rings (SSSR count). The summed E-state index contributed by atoms with van der Waals surface area (Å²) in [5.74, 6) is 0.318. The van der Waals surface area contributed by atoms with Gasteiger partial charge in [-0.2, -0.15) is 0 Å². The van der Waals surface area contributed by atoms with Gasteiger partial charge >= 0.3 is 0 Å². The summed E-state index contributed by atoms with van der Waals surface area (Å²) in [6, 6.07) is 6.20. The molecule has 0 aliphatic carbocycles. The van der Waals surface area contributed by atoms with Crippen molar-refractivity contribution >= 4 is 27.5 Å². The van der Waals surface area contributed by atoms with E-state index in [1.807, 2.05) is 4.90 Å². The number of amides is 1. The molecule has 2 fully saturated rings. The quantitative estimate of drug-likeness (QED) is 0.862. The van der Waals surface area contributed by atoms with Crippen molar-refractivity contribution in [3.8, 4) is 0 Å². The summed E-state index contributed by atoms with van der Waals surface area (Å²) in [4.78, 5) is 14.8. The molecular formula is C15H19BrN2O. The van der Waals surface area contributed by atoms with Crippen molar-refractivity contribution in [1.82, 2.24) is 5.32 Å². The van der Waals surface area contributed by atoms with Crippen LogP contribution < -0.4 is 10.2 Å². The maximum Gasteiger partial charge on any atom is 0.233 e. The minimum atomic E-state index is -0.102. The van der Waals surface area contributed by atoms with E-state index in [9.17, 15) is 4.79 Å². The van der Waals surface area contributed by atoms with Crippen molar-refractivity contribution in [3.63, 3.8) is 0 Å². The minimum Gasteiger partial charge on any atom is -0.317 e. The molecule has 2 saturated heterocycles. The molecule has 102 valence electrons. The molecule has 0 unspecified atom stereocenters. The van der Waals surface area contributed by atoms with Crippen LogP contribution in [0.3, 0.4) is 0 Å². The van der Waals surface area contributed by atoms with E-state index in [1.54, 1.807) is 0 Å². The predicted molar refractivity (Wildman–Crippen MR) is 80.4 cm³/mol. The van der Waals surface area contributed by atoms with Crippen LogP contribution in [0.2, 0.25) is 0 Å². The molecule has 2 aliphatic heterocycles.